The van der Waals surface area contributed by atoms with E-state index >= 15 is 0 Å². The highest BCUT2D eigenvalue weighted by molar-refractivity contribution is 8.01. The number of nitrogens with zero attached hydrogens (tertiary/aromatic N) is 1. The first-order valence-electron chi connectivity index (χ1n) is 5.43. The summed E-state index contributed by atoms with van der Waals surface area (Å²) in [6, 6.07) is 0. The van der Waals surface area contributed by atoms with Crippen molar-refractivity contribution in [2.45, 2.75) is 17.7 Å². The summed E-state index contributed by atoms with van der Waals surface area (Å²) in [6.07, 6.45) is 2.13. The van der Waals surface area contributed by atoms with Gasteiger partial charge in [0, 0.05) is 13.7 Å². The minimum absolute atomic E-state index is 0.0703. The highest BCUT2D eigenvalue weighted by Crippen LogP contribution is 2.42. The predicted molar refractivity (Wildman–Crippen MR) is 60.9 cm³/mol. The molecule has 2 rings (SSSR count). The Morgan fingerprint density at radius 3 is 2.93 bits per heavy atom. The van der Waals surface area contributed by atoms with Crippen LogP contribution in [0.2, 0.25) is 0 Å². The quantitative estimate of drug-likeness (QED) is 0.756. The molecule has 2 fully saturated rings. The van der Waals surface area contributed by atoms with Gasteiger partial charge in [-0.1, -0.05) is 0 Å². The van der Waals surface area contributed by atoms with Gasteiger partial charge in [-0.3, -0.25) is 4.79 Å². The van der Waals surface area contributed by atoms with E-state index in [-0.39, 0.29) is 10.8 Å². The van der Waals surface area contributed by atoms with Crippen LogP contribution in [0.1, 0.15) is 12.8 Å². The molecule has 0 saturated carbocycles. The Bertz CT molecular complexity index is 242. The highest BCUT2D eigenvalue weighted by Gasteiger charge is 2.46. The second-order valence-corrected chi connectivity index (χ2v) is 5.36. The number of hydrogen-bond acceptors (Lipinski definition) is 4. The molecular weight excluding hydrogens is 212 g/mol. The van der Waals surface area contributed by atoms with Crippen LogP contribution >= 0.6 is 11.8 Å². The maximum atomic E-state index is 11.8. The lowest BCUT2D eigenvalue weighted by molar-refractivity contribution is -0.131. The molecule has 0 unspecified atom stereocenters. The normalized spacial score (nSPS) is 25.1. The molecule has 0 aliphatic carbocycles. The van der Waals surface area contributed by atoms with E-state index in [4.69, 9.17) is 4.74 Å². The number of carbonyl (C=O) groups is 1. The molecule has 0 aromatic rings. The van der Waals surface area contributed by atoms with Gasteiger partial charge in [0.15, 0.2) is 0 Å². The van der Waals surface area contributed by atoms with Gasteiger partial charge in [0.2, 0.25) is 5.91 Å². The van der Waals surface area contributed by atoms with E-state index in [1.54, 1.807) is 7.11 Å². The van der Waals surface area contributed by atoms with Gasteiger partial charge in [-0.25, -0.2) is 0 Å². The molecule has 15 heavy (non-hydrogen) atoms. The third-order valence-corrected chi connectivity index (χ3v) is 4.72. The van der Waals surface area contributed by atoms with Crippen LogP contribution in [0.4, 0.5) is 0 Å². The SMILES string of the molecule is COCCN1C(=O)CSC12CCNCC2. The number of amides is 1. The molecule has 86 valence electrons. The molecule has 1 N–H and O–H groups in total. The van der Waals surface area contributed by atoms with E-state index in [1.807, 2.05) is 16.7 Å². The first kappa shape index (κ1) is 11.2. The molecule has 2 aliphatic heterocycles. The molecule has 0 atom stereocenters. The summed E-state index contributed by atoms with van der Waals surface area (Å²) >= 11 is 1.81. The maximum Gasteiger partial charge on any atom is 0.233 e. The van der Waals surface area contributed by atoms with Crippen molar-refractivity contribution in [3.8, 4) is 0 Å². The fourth-order valence-corrected chi connectivity index (χ4v) is 3.71. The van der Waals surface area contributed by atoms with E-state index in [0.29, 0.717) is 12.4 Å². The Morgan fingerprint density at radius 2 is 2.27 bits per heavy atom. The Balaban J connectivity index is 2.04. The van der Waals surface area contributed by atoms with Gasteiger partial charge in [-0.15, -0.1) is 11.8 Å². The lowest BCUT2D eigenvalue weighted by Gasteiger charge is -2.40. The highest BCUT2D eigenvalue weighted by atomic mass is 32.2. The second kappa shape index (κ2) is 4.72. The Morgan fingerprint density at radius 1 is 1.53 bits per heavy atom. The van der Waals surface area contributed by atoms with Crippen LogP contribution in [0.3, 0.4) is 0 Å². The molecule has 2 heterocycles. The van der Waals surface area contributed by atoms with E-state index in [9.17, 15) is 4.79 Å². The van der Waals surface area contributed by atoms with Gasteiger partial charge in [0.25, 0.3) is 0 Å². The number of ether oxygens (including phenoxy) is 1. The third kappa shape index (κ3) is 2.14. The average Bonchev–Trinajstić information content (AvgIpc) is 2.55. The summed E-state index contributed by atoms with van der Waals surface area (Å²) in [5.74, 6) is 0.919. The van der Waals surface area contributed by atoms with Crippen molar-refractivity contribution in [2.75, 3.05) is 39.1 Å². The average molecular weight is 230 g/mol. The van der Waals surface area contributed by atoms with Gasteiger partial charge < -0.3 is 15.0 Å². The summed E-state index contributed by atoms with van der Waals surface area (Å²) in [7, 11) is 1.68. The summed E-state index contributed by atoms with van der Waals surface area (Å²) in [5, 5.41) is 3.34. The van der Waals surface area contributed by atoms with Crippen molar-refractivity contribution < 1.29 is 9.53 Å². The van der Waals surface area contributed by atoms with Gasteiger partial charge in [0.05, 0.1) is 17.2 Å². The van der Waals surface area contributed by atoms with Crippen molar-refractivity contribution in [1.29, 1.82) is 0 Å². The van der Waals surface area contributed by atoms with Gasteiger partial charge >= 0.3 is 0 Å². The number of hydrogen-bond donors (Lipinski definition) is 1. The van der Waals surface area contributed by atoms with Crippen molar-refractivity contribution in [3.63, 3.8) is 0 Å². The zero-order valence-corrected chi connectivity index (χ0v) is 9.94. The second-order valence-electron chi connectivity index (χ2n) is 4.02. The zero-order valence-electron chi connectivity index (χ0n) is 9.12. The molecule has 5 heteroatoms. The van der Waals surface area contributed by atoms with Gasteiger partial charge in [0.1, 0.15) is 0 Å². The predicted octanol–water partition coefficient (Wildman–Crippen LogP) is 0.288. The fourth-order valence-electron chi connectivity index (χ4n) is 2.32. The van der Waals surface area contributed by atoms with Crippen molar-refractivity contribution in [2.24, 2.45) is 0 Å². The molecular formula is C10H18N2O2S. The fraction of sp³-hybridized carbons (Fsp3) is 0.900. The summed E-state index contributed by atoms with van der Waals surface area (Å²) in [5.41, 5.74) is 0. The molecule has 4 nitrogen and oxygen atoms in total. The number of methoxy groups -OCH3 is 1. The standard InChI is InChI=1S/C10H18N2O2S/c1-14-7-6-12-9(13)8-15-10(12)2-4-11-5-3-10/h11H,2-8H2,1H3. The van der Waals surface area contributed by atoms with Crippen molar-refractivity contribution in [3.05, 3.63) is 0 Å². The van der Waals surface area contributed by atoms with Crippen LogP contribution < -0.4 is 5.32 Å². The minimum Gasteiger partial charge on any atom is -0.383 e. The van der Waals surface area contributed by atoms with Crippen molar-refractivity contribution >= 4 is 17.7 Å². The van der Waals surface area contributed by atoms with Crippen LogP contribution in [-0.2, 0) is 9.53 Å². The van der Waals surface area contributed by atoms with E-state index in [0.717, 1.165) is 32.5 Å². The third-order valence-electron chi connectivity index (χ3n) is 3.16. The molecule has 1 amide bonds. The molecule has 2 saturated heterocycles. The topological polar surface area (TPSA) is 41.6 Å². The smallest absolute Gasteiger partial charge is 0.233 e. The molecule has 2 aliphatic rings. The minimum atomic E-state index is 0.0703. The first-order chi connectivity index (χ1) is 7.28. The summed E-state index contributed by atoms with van der Waals surface area (Å²) < 4.78 is 5.07. The van der Waals surface area contributed by atoms with Crippen molar-refractivity contribution in [1.82, 2.24) is 10.2 Å². The lowest BCUT2D eigenvalue weighted by atomic mass is 10.0. The zero-order chi connectivity index (χ0) is 10.7. The molecule has 0 radical (unpaired) electrons. The van der Waals surface area contributed by atoms with Crippen LogP contribution in [0.15, 0.2) is 0 Å². The molecule has 0 bridgehead atoms. The van der Waals surface area contributed by atoms with Gasteiger partial charge in [-0.05, 0) is 25.9 Å². The molecule has 1 spiro atoms. The van der Waals surface area contributed by atoms with Gasteiger partial charge in [-0.2, -0.15) is 0 Å². The summed E-state index contributed by atoms with van der Waals surface area (Å²) in [4.78, 5) is 13.9. The number of thioether (sulfide) groups is 1. The number of piperidine rings is 1. The first-order valence-corrected chi connectivity index (χ1v) is 6.41. The summed E-state index contributed by atoms with van der Waals surface area (Å²) in [6.45, 7) is 3.41. The van der Waals surface area contributed by atoms with E-state index in [1.165, 1.54) is 0 Å². The maximum absolute atomic E-state index is 11.8. The Labute approximate surface area is 94.7 Å². The van der Waals surface area contributed by atoms with Crippen LogP contribution in [0.5, 0.6) is 0 Å². The number of carbonyl (C=O) groups excluding carboxylic acids is 1. The Hall–Kier alpha value is -0.260. The van der Waals surface area contributed by atoms with E-state index in [2.05, 4.69) is 5.32 Å². The van der Waals surface area contributed by atoms with Crippen LogP contribution in [-0.4, -0.2) is 54.8 Å². The van der Waals surface area contributed by atoms with E-state index < -0.39 is 0 Å². The molecule has 0 aromatic heterocycles. The monoisotopic (exact) mass is 230 g/mol. The lowest BCUT2D eigenvalue weighted by Crippen LogP contribution is -2.51. The molecule has 0 aromatic carbocycles. The Kier molecular flexibility index (Phi) is 3.53. The van der Waals surface area contributed by atoms with Crippen LogP contribution in [0, 0.1) is 0 Å². The van der Waals surface area contributed by atoms with Crippen LogP contribution in [0.25, 0.3) is 0 Å². The number of rotatable bonds is 3. The largest absolute Gasteiger partial charge is 0.383 e. The number of nitrogens with one attached hydrogen (secondary N) is 1.